The van der Waals surface area contributed by atoms with Gasteiger partial charge in [-0.25, -0.2) is 9.97 Å². The maximum absolute atomic E-state index is 6.03. The van der Waals surface area contributed by atoms with Gasteiger partial charge in [-0.1, -0.05) is 0 Å². The molecule has 0 bridgehead atoms. The van der Waals surface area contributed by atoms with Crippen LogP contribution in [0.25, 0.3) is 5.57 Å². The zero-order valence-electron chi connectivity index (χ0n) is 18.8. The summed E-state index contributed by atoms with van der Waals surface area (Å²) in [5.41, 5.74) is 8.45. The highest BCUT2D eigenvalue weighted by Gasteiger charge is 2.21. The number of morpholine rings is 1. The van der Waals surface area contributed by atoms with Crippen LogP contribution in [0.5, 0.6) is 0 Å². The molecule has 5 rings (SSSR count). The summed E-state index contributed by atoms with van der Waals surface area (Å²) in [7, 11) is 0. The maximum atomic E-state index is 6.03. The summed E-state index contributed by atoms with van der Waals surface area (Å²) in [6.45, 7) is 8.59. The van der Waals surface area contributed by atoms with Crippen LogP contribution in [-0.2, 0) is 4.74 Å². The van der Waals surface area contributed by atoms with Crippen molar-refractivity contribution >= 4 is 35.1 Å². The number of rotatable bonds is 5. The second-order valence-corrected chi connectivity index (χ2v) is 8.45. The first-order valence-corrected chi connectivity index (χ1v) is 11.3. The predicted octanol–water partition coefficient (Wildman–Crippen LogP) is 0.509. The summed E-state index contributed by atoms with van der Waals surface area (Å²) in [5.74, 6) is 1.50. The Morgan fingerprint density at radius 2 is 1.85 bits per heavy atom. The molecule has 3 aliphatic rings. The number of nitrogens with one attached hydrogen (secondary N) is 3. The van der Waals surface area contributed by atoms with Gasteiger partial charge in [0.15, 0.2) is 5.79 Å². The van der Waals surface area contributed by atoms with E-state index < -0.39 is 5.79 Å². The van der Waals surface area contributed by atoms with E-state index in [0.717, 1.165) is 67.9 Å². The van der Waals surface area contributed by atoms with Crippen LogP contribution in [0.4, 0.5) is 23.3 Å². The Morgan fingerprint density at radius 3 is 2.55 bits per heavy atom. The van der Waals surface area contributed by atoms with Gasteiger partial charge in [0.05, 0.1) is 30.8 Å². The highest BCUT2D eigenvalue weighted by Crippen LogP contribution is 2.24. The third-order valence-electron chi connectivity index (χ3n) is 5.78. The molecular weight excluding hydrogens is 420 g/mol. The van der Waals surface area contributed by atoms with Crippen LogP contribution >= 0.6 is 0 Å². The summed E-state index contributed by atoms with van der Waals surface area (Å²) in [5, 5.41) is 9.78. The fraction of sp³-hybridized carbons (Fsp3) is 0.455. The Kier molecular flexibility index (Phi) is 6.07. The number of hydrogen-bond donors (Lipinski definition) is 4. The Balaban J connectivity index is 1.40. The second kappa shape index (κ2) is 9.30. The Bertz CT molecular complexity index is 1020. The fourth-order valence-corrected chi connectivity index (χ4v) is 3.90. The molecule has 33 heavy (non-hydrogen) atoms. The van der Waals surface area contributed by atoms with Gasteiger partial charge in [0.25, 0.3) is 0 Å². The number of hydrogen-bond acceptors (Lipinski definition) is 11. The van der Waals surface area contributed by atoms with Crippen LogP contribution in [0.1, 0.15) is 12.6 Å². The first-order valence-electron chi connectivity index (χ1n) is 11.3. The number of aliphatic imine (C=N–C) groups is 1. The third kappa shape index (κ3) is 5.21. The zero-order valence-corrected chi connectivity index (χ0v) is 18.8. The van der Waals surface area contributed by atoms with E-state index in [1.807, 2.05) is 30.6 Å². The van der Waals surface area contributed by atoms with E-state index in [4.69, 9.17) is 20.4 Å². The van der Waals surface area contributed by atoms with Gasteiger partial charge in [-0.05, 0) is 19.1 Å². The molecule has 2 fully saturated rings. The standard InChI is InChI=1S/C22H30N10O/c1-22(23)26-13-16(14-27-22)18-12-20(32-8-10-33-11-9-32)30-21(29-18)28-17-2-3-19(25-15-17)31-6-4-24-5-7-31/h2-3,12-15,24,26H,4-11,23H2,1H3,(H,28,29,30). The summed E-state index contributed by atoms with van der Waals surface area (Å²) < 4.78 is 5.50. The minimum atomic E-state index is -0.817. The van der Waals surface area contributed by atoms with E-state index >= 15 is 0 Å². The smallest absolute Gasteiger partial charge is 0.229 e. The van der Waals surface area contributed by atoms with Crippen molar-refractivity contribution in [3.8, 4) is 0 Å². The molecule has 5 heterocycles. The quantitative estimate of drug-likeness (QED) is 0.511. The number of aromatic nitrogens is 3. The van der Waals surface area contributed by atoms with E-state index in [1.54, 1.807) is 13.1 Å². The molecular formula is C22H30N10O. The number of nitrogens with two attached hydrogens (primary N) is 1. The summed E-state index contributed by atoms with van der Waals surface area (Å²) >= 11 is 0. The number of piperazine rings is 1. The second-order valence-electron chi connectivity index (χ2n) is 8.45. The van der Waals surface area contributed by atoms with Crippen molar-refractivity contribution in [2.45, 2.75) is 12.7 Å². The highest BCUT2D eigenvalue weighted by atomic mass is 16.5. The Hall–Kier alpha value is -3.28. The SMILES string of the molecule is CC1(N)N=CC(c2cc(N3CCOCC3)nc(Nc3ccc(N4CCNCC4)nc3)n2)=CN1. The minimum absolute atomic E-state index is 0.501. The molecule has 11 nitrogen and oxygen atoms in total. The third-order valence-corrected chi connectivity index (χ3v) is 5.78. The number of anilines is 4. The van der Waals surface area contributed by atoms with Gasteiger partial charge < -0.3 is 30.5 Å². The normalized spacial score (nSPS) is 23.2. The molecule has 2 aromatic rings. The van der Waals surface area contributed by atoms with Gasteiger partial charge in [-0.15, -0.1) is 0 Å². The molecule has 0 amide bonds. The first kappa shape index (κ1) is 21.6. The number of allylic oxidation sites excluding steroid dienone is 1. The molecule has 5 N–H and O–H groups in total. The number of ether oxygens (including phenoxy) is 1. The predicted molar refractivity (Wildman–Crippen MR) is 130 cm³/mol. The van der Waals surface area contributed by atoms with Crippen LogP contribution in [0.3, 0.4) is 0 Å². The summed E-state index contributed by atoms with van der Waals surface area (Å²) in [6, 6.07) is 6.02. The van der Waals surface area contributed by atoms with Crippen LogP contribution in [-0.4, -0.2) is 79.4 Å². The lowest BCUT2D eigenvalue weighted by Gasteiger charge is -2.29. The molecule has 11 heteroatoms. The molecule has 2 saturated heterocycles. The molecule has 0 spiro atoms. The van der Waals surface area contributed by atoms with E-state index in [-0.39, 0.29) is 0 Å². The van der Waals surface area contributed by atoms with Crippen LogP contribution in [0.15, 0.2) is 35.6 Å². The highest BCUT2D eigenvalue weighted by molar-refractivity contribution is 6.09. The van der Waals surface area contributed by atoms with Crippen molar-refractivity contribution in [2.24, 2.45) is 10.7 Å². The first-order chi connectivity index (χ1) is 16.1. The van der Waals surface area contributed by atoms with E-state index in [2.05, 4.69) is 35.7 Å². The maximum Gasteiger partial charge on any atom is 0.229 e. The lowest BCUT2D eigenvalue weighted by molar-refractivity contribution is 0.122. The topological polar surface area (TPSA) is 129 Å². The van der Waals surface area contributed by atoms with Gasteiger partial charge in [0.1, 0.15) is 11.6 Å². The number of nitrogens with zero attached hydrogens (tertiary/aromatic N) is 6. The molecule has 1 unspecified atom stereocenters. The molecule has 0 radical (unpaired) electrons. The average molecular weight is 451 g/mol. The largest absolute Gasteiger partial charge is 0.378 e. The zero-order chi connectivity index (χ0) is 22.7. The lowest BCUT2D eigenvalue weighted by atomic mass is 10.1. The summed E-state index contributed by atoms with van der Waals surface area (Å²) in [4.78, 5) is 23.0. The van der Waals surface area contributed by atoms with Crippen LogP contribution in [0.2, 0.25) is 0 Å². The Labute approximate surface area is 193 Å². The van der Waals surface area contributed by atoms with Crippen molar-refractivity contribution in [1.29, 1.82) is 0 Å². The van der Waals surface area contributed by atoms with Crippen molar-refractivity contribution < 1.29 is 4.74 Å². The van der Waals surface area contributed by atoms with Gasteiger partial charge in [-0.3, -0.25) is 10.7 Å². The van der Waals surface area contributed by atoms with E-state index in [9.17, 15) is 0 Å². The van der Waals surface area contributed by atoms with Crippen molar-refractivity contribution in [3.05, 3.63) is 36.3 Å². The van der Waals surface area contributed by atoms with Gasteiger partial charge in [0.2, 0.25) is 5.95 Å². The molecule has 1 atom stereocenters. The molecule has 0 saturated carbocycles. The minimum Gasteiger partial charge on any atom is -0.378 e. The van der Waals surface area contributed by atoms with Gasteiger partial charge in [0, 0.05) is 63.3 Å². The van der Waals surface area contributed by atoms with Crippen LogP contribution in [0, 0.1) is 0 Å². The number of pyridine rings is 1. The van der Waals surface area contributed by atoms with Gasteiger partial charge in [-0.2, -0.15) is 4.98 Å². The van der Waals surface area contributed by atoms with Crippen molar-refractivity contribution in [2.75, 3.05) is 67.6 Å². The molecule has 0 aromatic carbocycles. The molecule has 174 valence electrons. The van der Waals surface area contributed by atoms with E-state index in [0.29, 0.717) is 19.2 Å². The monoisotopic (exact) mass is 450 g/mol. The Morgan fingerprint density at radius 1 is 1.06 bits per heavy atom. The van der Waals surface area contributed by atoms with E-state index in [1.165, 1.54) is 0 Å². The van der Waals surface area contributed by atoms with Crippen molar-refractivity contribution in [1.82, 2.24) is 25.6 Å². The molecule has 2 aromatic heterocycles. The fourth-order valence-electron chi connectivity index (χ4n) is 3.90. The lowest BCUT2D eigenvalue weighted by Crippen LogP contribution is -2.48. The average Bonchev–Trinajstić information content (AvgIpc) is 2.85. The molecule has 3 aliphatic heterocycles. The van der Waals surface area contributed by atoms with Crippen LogP contribution < -0.4 is 31.5 Å². The van der Waals surface area contributed by atoms with Gasteiger partial charge >= 0.3 is 0 Å². The molecule has 0 aliphatic carbocycles. The van der Waals surface area contributed by atoms with Crippen molar-refractivity contribution in [3.63, 3.8) is 0 Å². The summed E-state index contributed by atoms with van der Waals surface area (Å²) in [6.07, 6.45) is 5.41.